The first-order valence-corrected chi connectivity index (χ1v) is 16.3. The van der Waals surface area contributed by atoms with Crippen LogP contribution in [0.25, 0.3) is 0 Å². The summed E-state index contributed by atoms with van der Waals surface area (Å²) >= 11 is 0. The Morgan fingerprint density at radius 2 is 1.75 bits per heavy atom. The number of aromatic nitrogens is 4. The highest BCUT2D eigenvalue weighted by Crippen LogP contribution is 2.50. The lowest BCUT2D eigenvalue weighted by Crippen LogP contribution is -2.52. The van der Waals surface area contributed by atoms with Gasteiger partial charge in [-0.05, 0) is 85.3 Å². The van der Waals surface area contributed by atoms with Crippen LogP contribution in [0.4, 0.5) is 0 Å². The van der Waals surface area contributed by atoms with E-state index < -0.39 is 5.66 Å². The van der Waals surface area contributed by atoms with Gasteiger partial charge in [-0.15, -0.1) is 10.2 Å². The van der Waals surface area contributed by atoms with Crippen LogP contribution in [0.1, 0.15) is 128 Å². The third-order valence-electron chi connectivity index (χ3n) is 9.42. The summed E-state index contributed by atoms with van der Waals surface area (Å²) in [5.41, 5.74) is 1.36. The average molecular weight is 607 g/mol. The largest absolute Gasteiger partial charge is 0.355 e. The average Bonchev–Trinajstić information content (AvgIpc) is 3.57. The Hall–Kier alpha value is -3.30. The van der Waals surface area contributed by atoms with Crippen LogP contribution in [0.3, 0.4) is 0 Å². The molecule has 1 aromatic carbocycles. The van der Waals surface area contributed by atoms with Gasteiger partial charge in [0.15, 0.2) is 11.7 Å². The minimum absolute atomic E-state index is 0.0336. The second-order valence-electron chi connectivity index (χ2n) is 15.6. The fourth-order valence-corrected chi connectivity index (χ4v) is 6.52. The van der Waals surface area contributed by atoms with Crippen molar-refractivity contribution in [1.82, 2.24) is 35.7 Å². The SMILES string of the molecule is CC(C)CCN(C)C1=NC2(CCC(C(C)(C)C)CC2)N([C@H](CCC(C)(C)C)c2ccc(C(=O)NCc3nn[nH]n3)cc2)C1=O. The summed E-state index contributed by atoms with van der Waals surface area (Å²) < 4.78 is 0. The van der Waals surface area contributed by atoms with Gasteiger partial charge in [0.05, 0.1) is 12.6 Å². The minimum Gasteiger partial charge on any atom is -0.355 e. The van der Waals surface area contributed by atoms with Crippen molar-refractivity contribution in [3.63, 3.8) is 0 Å². The van der Waals surface area contributed by atoms with Gasteiger partial charge in [-0.25, -0.2) is 4.99 Å². The van der Waals surface area contributed by atoms with Gasteiger partial charge in [-0.3, -0.25) is 9.59 Å². The first-order chi connectivity index (χ1) is 20.6. The Bertz CT molecular complexity index is 1280. The fourth-order valence-electron chi connectivity index (χ4n) is 6.52. The number of nitrogens with zero attached hydrogens (tertiary/aromatic N) is 6. The highest BCUT2D eigenvalue weighted by atomic mass is 16.2. The number of rotatable bonds is 10. The second-order valence-corrected chi connectivity index (χ2v) is 15.6. The van der Waals surface area contributed by atoms with E-state index in [1.165, 1.54) is 0 Å². The molecule has 0 unspecified atom stereocenters. The number of carbonyl (C=O) groups is 2. The molecule has 10 nitrogen and oxygen atoms in total. The number of H-pyrrole nitrogens is 1. The number of amidine groups is 1. The lowest BCUT2D eigenvalue weighted by molar-refractivity contribution is -0.134. The molecule has 1 atom stereocenters. The van der Waals surface area contributed by atoms with Gasteiger partial charge in [0, 0.05) is 19.2 Å². The van der Waals surface area contributed by atoms with Crippen molar-refractivity contribution in [2.45, 2.75) is 119 Å². The molecule has 1 aliphatic carbocycles. The summed E-state index contributed by atoms with van der Waals surface area (Å²) in [6.07, 6.45) is 6.60. The quantitative estimate of drug-likeness (QED) is 0.335. The number of aliphatic imine (C=N–C) groups is 1. The topological polar surface area (TPSA) is 119 Å². The molecule has 2 heterocycles. The van der Waals surface area contributed by atoms with Crippen molar-refractivity contribution in [3.8, 4) is 0 Å². The molecule has 0 radical (unpaired) electrons. The molecule has 4 rings (SSSR count). The van der Waals surface area contributed by atoms with Crippen molar-refractivity contribution in [1.29, 1.82) is 0 Å². The molecule has 0 saturated heterocycles. The van der Waals surface area contributed by atoms with Gasteiger partial charge >= 0.3 is 0 Å². The molecule has 1 spiro atoms. The van der Waals surface area contributed by atoms with Crippen molar-refractivity contribution < 1.29 is 9.59 Å². The van der Waals surface area contributed by atoms with E-state index >= 15 is 0 Å². The maximum Gasteiger partial charge on any atom is 0.291 e. The van der Waals surface area contributed by atoms with E-state index in [-0.39, 0.29) is 35.2 Å². The van der Waals surface area contributed by atoms with Gasteiger partial charge < -0.3 is 15.1 Å². The van der Waals surface area contributed by atoms with Gasteiger partial charge in [0.1, 0.15) is 5.66 Å². The van der Waals surface area contributed by atoms with E-state index in [1.807, 2.05) is 31.3 Å². The number of hydrogen-bond acceptors (Lipinski definition) is 7. The third kappa shape index (κ3) is 8.04. The first kappa shape index (κ1) is 33.6. The minimum atomic E-state index is -0.552. The first-order valence-electron chi connectivity index (χ1n) is 16.3. The van der Waals surface area contributed by atoms with E-state index in [0.717, 1.165) is 57.1 Å². The van der Waals surface area contributed by atoms with E-state index in [1.54, 1.807) is 0 Å². The van der Waals surface area contributed by atoms with Crippen LogP contribution in [-0.2, 0) is 11.3 Å². The van der Waals surface area contributed by atoms with Crippen LogP contribution in [0.15, 0.2) is 29.3 Å². The van der Waals surface area contributed by atoms with Gasteiger partial charge in [-0.1, -0.05) is 72.7 Å². The molecule has 2 aliphatic rings. The molecule has 2 amide bonds. The Balaban J connectivity index is 1.66. The van der Waals surface area contributed by atoms with Crippen LogP contribution in [0.2, 0.25) is 0 Å². The van der Waals surface area contributed by atoms with Gasteiger partial charge in [0.25, 0.3) is 11.8 Å². The number of benzene rings is 1. The monoisotopic (exact) mass is 606 g/mol. The molecule has 2 N–H and O–H groups in total. The van der Waals surface area contributed by atoms with Gasteiger partial charge in [-0.2, -0.15) is 5.21 Å². The Kier molecular flexibility index (Phi) is 10.2. The zero-order chi connectivity index (χ0) is 32.3. The highest BCUT2D eigenvalue weighted by Gasteiger charge is 2.53. The summed E-state index contributed by atoms with van der Waals surface area (Å²) in [5.74, 6) is 1.99. The summed E-state index contributed by atoms with van der Waals surface area (Å²) in [6.45, 7) is 19.1. The predicted octanol–water partition coefficient (Wildman–Crippen LogP) is 6.15. The van der Waals surface area contributed by atoms with Crippen LogP contribution < -0.4 is 5.32 Å². The normalized spacial score (nSPS) is 21.6. The zero-order valence-corrected chi connectivity index (χ0v) is 28.4. The third-order valence-corrected chi connectivity index (χ3v) is 9.42. The van der Waals surface area contributed by atoms with Crippen LogP contribution >= 0.6 is 0 Å². The van der Waals surface area contributed by atoms with E-state index in [2.05, 4.69) is 91.1 Å². The Morgan fingerprint density at radius 3 is 2.30 bits per heavy atom. The number of tetrazole rings is 1. The summed E-state index contributed by atoms with van der Waals surface area (Å²) in [4.78, 5) is 37.0. The smallest absolute Gasteiger partial charge is 0.291 e. The summed E-state index contributed by atoms with van der Waals surface area (Å²) in [6, 6.07) is 7.58. The number of hydrogen-bond donors (Lipinski definition) is 2. The van der Waals surface area contributed by atoms with Gasteiger partial charge in [0.2, 0.25) is 0 Å². The van der Waals surface area contributed by atoms with E-state index in [9.17, 15) is 9.59 Å². The molecule has 44 heavy (non-hydrogen) atoms. The van der Waals surface area contributed by atoms with Crippen molar-refractivity contribution in [3.05, 3.63) is 41.2 Å². The Labute approximate surface area is 263 Å². The van der Waals surface area contributed by atoms with Crippen LogP contribution in [0.5, 0.6) is 0 Å². The zero-order valence-electron chi connectivity index (χ0n) is 28.4. The second kappa shape index (κ2) is 13.4. The molecule has 0 bridgehead atoms. The summed E-state index contributed by atoms with van der Waals surface area (Å²) in [5, 5.41) is 16.6. The molecule has 2 aromatic rings. The standard InChI is InChI=1S/C34H54N8O2/c1-23(2)17-21-41(9)29-31(44)42(34(36-29)19-14-26(15-20-34)33(6,7)8)27(16-18-32(3,4)5)24-10-12-25(13-11-24)30(43)35-22-28-37-39-40-38-28/h10-13,23,26-27H,14-22H2,1-9H3,(H,35,43)(H,37,38,39,40)/t26?,27-,34?/m1/s1. The molecule has 1 fully saturated rings. The maximum absolute atomic E-state index is 14.5. The number of aromatic amines is 1. The lowest BCUT2D eigenvalue weighted by Gasteiger charge is -2.47. The number of nitrogens with one attached hydrogen (secondary N) is 2. The molecular formula is C34H54N8O2. The predicted molar refractivity (Wildman–Crippen MR) is 174 cm³/mol. The van der Waals surface area contributed by atoms with Crippen molar-refractivity contribution in [2.24, 2.45) is 27.7 Å². The number of carbonyl (C=O) groups excluding carboxylic acids is 2. The summed E-state index contributed by atoms with van der Waals surface area (Å²) in [7, 11) is 2.02. The van der Waals surface area contributed by atoms with Crippen LogP contribution in [0, 0.1) is 22.7 Å². The Morgan fingerprint density at radius 1 is 1.09 bits per heavy atom. The molecule has 242 valence electrons. The van der Waals surface area contributed by atoms with Crippen molar-refractivity contribution >= 4 is 17.6 Å². The maximum atomic E-state index is 14.5. The molecule has 1 saturated carbocycles. The van der Waals surface area contributed by atoms with E-state index in [0.29, 0.717) is 29.1 Å². The fraction of sp³-hybridized carbons (Fsp3) is 0.706. The molecular weight excluding hydrogens is 552 g/mol. The van der Waals surface area contributed by atoms with Crippen LogP contribution in [-0.4, -0.2) is 67.3 Å². The van der Waals surface area contributed by atoms with Crippen molar-refractivity contribution in [2.75, 3.05) is 13.6 Å². The molecule has 1 aliphatic heterocycles. The molecule has 10 heteroatoms. The van der Waals surface area contributed by atoms with E-state index in [4.69, 9.17) is 4.99 Å². The lowest BCUT2D eigenvalue weighted by atomic mass is 9.69. The highest BCUT2D eigenvalue weighted by molar-refractivity contribution is 6.39. The number of likely N-dealkylation sites (N-methyl/N-ethyl adjacent to an activating group) is 1. The molecule has 1 aromatic heterocycles. The number of amides is 2.